The molecule has 0 aromatic heterocycles. The fraction of sp³-hybridized carbons (Fsp3) is 0.200. The molecule has 0 fully saturated rings. The average molecular weight is 281 g/mol. The molecule has 0 heterocycles. The van der Waals surface area contributed by atoms with Crippen LogP contribution in [0.4, 0.5) is 4.39 Å². The highest BCUT2D eigenvalue weighted by Crippen LogP contribution is 2.30. The molecule has 0 saturated heterocycles. The van der Waals surface area contributed by atoms with Gasteiger partial charge in [0.15, 0.2) is 0 Å². The van der Waals surface area contributed by atoms with Crippen LogP contribution in [0, 0.1) is 12.7 Å². The minimum absolute atomic E-state index is 0.366. The van der Waals surface area contributed by atoms with Crippen LogP contribution in [0.15, 0.2) is 36.4 Å². The second kappa shape index (κ2) is 5.59. The lowest BCUT2D eigenvalue weighted by atomic mass is 9.99. The molecule has 100 valence electrons. The Morgan fingerprint density at radius 3 is 2.53 bits per heavy atom. The molecule has 0 amide bonds. The predicted octanol–water partition coefficient (Wildman–Crippen LogP) is 3.88. The zero-order chi connectivity index (χ0) is 14.0. The van der Waals surface area contributed by atoms with Crippen molar-refractivity contribution in [2.45, 2.75) is 13.0 Å². The predicted molar refractivity (Wildman–Crippen MR) is 73.2 cm³/mol. The van der Waals surface area contributed by atoms with E-state index in [4.69, 9.17) is 16.3 Å². The maximum absolute atomic E-state index is 13.4. The Balaban J connectivity index is 2.40. The van der Waals surface area contributed by atoms with Crippen molar-refractivity contribution in [1.82, 2.24) is 0 Å². The number of halogens is 2. The van der Waals surface area contributed by atoms with E-state index in [0.717, 1.165) is 5.56 Å². The summed E-state index contributed by atoms with van der Waals surface area (Å²) in [6.07, 6.45) is -0.916. The van der Waals surface area contributed by atoms with Crippen molar-refractivity contribution in [1.29, 1.82) is 0 Å². The van der Waals surface area contributed by atoms with Crippen LogP contribution in [-0.2, 0) is 0 Å². The van der Waals surface area contributed by atoms with Crippen LogP contribution in [0.1, 0.15) is 22.8 Å². The molecule has 0 bridgehead atoms. The van der Waals surface area contributed by atoms with Crippen molar-refractivity contribution in [2.24, 2.45) is 0 Å². The van der Waals surface area contributed by atoms with Gasteiger partial charge in [0, 0.05) is 0 Å². The largest absolute Gasteiger partial charge is 0.495 e. The van der Waals surface area contributed by atoms with Crippen molar-refractivity contribution < 1.29 is 14.2 Å². The topological polar surface area (TPSA) is 29.5 Å². The quantitative estimate of drug-likeness (QED) is 0.924. The highest BCUT2D eigenvalue weighted by Gasteiger charge is 2.14. The first-order valence-corrected chi connectivity index (χ1v) is 6.17. The highest BCUT2D eigenvalue weighted by atomic mass is 35.5. The summed E-state index contributed by atoms with van der Waals surface area (Å²) in [7, 11) is 1.50. The van der Waals surface area contributed by atoms with Crippen molar-refractivity contribution in [3.8, 4) is 5.75 Å². The number of aliphatic hydroxyl groups excluding tert-OH is 1. The molecule has 2 aromatic carbocycles. The standard InChI is InChI=1S/C15H14ClFO2/c1-9-5-11(7-12(17)6-9)15(18)10-3-4-13(16)14(8-10)19-2/h3-8,15,18H,1-2H3. The van der Waals surface area contributed by atoms with Gasteiger partial charge in [0.2, 0.25) is 0 Å². The fourth-order valence-corrected chi connectivity index (χ4v) is 2.16. The van der Waals surface area contributed by atoms with E-state index in [1.165, 1.54) is 19.2 Å². The summed E-state index contributed by atoms with van der Waals surface area (Å²) in [6, 6.07) is 9.46. The summed E-state index contributed by atoms with van der Waals surface area (Å²) in [5.74, 6) is 0.112. The summed E-state index contributed by atoms with van der Waals surface area (Å²) < 4.78 is 18.5. The molecule has 0 aliphatic rings. The van der Waals surface area contributed by atoms with Gasteiger partial charge in [0.05, 0.1) is 12.1 Å². The van der Waals surface area contributed by atoms with E-state index in [-0.39, 0.29) is 5.82 Å². The minimum atomic E-state index is -0.916. The first-order chi connectivity index (χ1) is 9.01. The van der Waals surface area contributed by atoms with E-state index in [1.54, 1.807) is 31.2 Å². The molecule has 2 nitrogen and oxygen atoms in total. The van der Waals surface area contributed by atoms with Crippen molar-refractivity contribution in [3.05, 3.63) is 63.9 Å². The van der Waals surface area contributed by atoms with E-state index >= 15 is 0 Å². The Morgan fingerprint density at radius 1 is 1.16 bits per heavy atom. The number of benzene rings is 2. The van der Waals surface area contributed by atoms with E-state index in [9.17, 15) is 9.50 Å². The van der Waals surface area contributed by atoms with E-state index in [1.807, 2.05) is 0 Å². The fourth-order valence-electron chi connectivity index (χ4n) is 1.96. The minimum Gasteiger partial charge on any atom is -0.495 e. The lowest BCUT2D eigenvalue weighted by Crippen LogP contribution is -2.01. The second-order valence-corrected chi connectivity index (χ2v) is 4.77. The number of ether oxygens (including phenoxy) is 1. The van der Waals surface area contributed by atoms with Gasteiger partial charge in [-0.2, -0.15) is 0 Å². The summed E-state index contributed by atoms with van der Waals surface area (Å²) in [5, 5.41) is 10.8. The van der Waals surface area contributed by atoms with Crippen LogP contribution < -0.4 is 4.74 Å². The number of aliphatic hydroxyl groups is 1. The molecule has 1 atom stereocenters. The second-order valence-electron chi connectivity index (χ2n) is 4.36. The van der Waals surface area contributed by atoms with Crippen molar-refractivity contribution >= 4 is 11.6 Å². The normalized spacial score (nSPS) is 12.3. The molecule has 0 aliphatic heterocycles. The van der Waals surface area contributed by atoms with Crippen molar-refractivity contribution in [2.75, 3.05) is 7.11 Å². The van der Waals surface area contributed by atoms with Gasteiger partial charge in [-0.25, -0.2) is 4.39 Å². The molecule has 2 aromatic rings. The third-order valence-corrected chi connectivity index (χ3v) is 3.18. The van der Waals surface area contributed by atoms with Crippen LogP contribution in [-0.4, -0.2) is 12.2 Å². The average Bonchev–Trinajstić information content (AvgIpc) is 2.37. The first-order valence-electron chi connectivity index (χ1n) is 5.80. The van der Waals surface area contributed by atoms with E-state index < -0.39 is 6.10 Å². The van der Waals surface area contributed by atoms with Gasteiger partial charge in [-0.15, -0.1) is 0 Å². The third kappa shape index (κ3) is 3.06. The number of hydrogen-bond donors (Lipinski definition) is 1. The van der Waals surface area contributed by atoms with E-state index in [2.05, 4.69) is 0 Å². The maximum Gasteiger partial charge on any atom is 0.137 e. The molecule has 0 saturated carbocycles. The van der Waals surface area contributed by atoms with Crippen LogP contribution in [0.3, 0.4) is 0 Å². The molecule has 2 rings (SSSR count). The molecule has 19 heavy (non-hydrogen) atoms. The molecule has 1 unspecified atom stereocenters. The van der Waals surface area contributed by atoms with Gasteiger partial charge in [-0.3, -0.25) is 0 Å². The number of aryl methyl sites for hydroxylation is 1. The van der Waals surface area contributed by atoms with Gasteiger partial charge in [-0.1, -0.05) is 23.7 Å². The first kappa shape index (κ1) is 13.8. The third-order valence-electron chi connectivity index (χ3n) is 2.87. The van der Waals surface area contributed by atoms with Gasteiger partial charge in [-0.05, 0) is 47.9 Å². The van der Waals surface area contributed by atoms with Crippen LogP contribution in [0.25, 0.3) is 0 Å². The Hall–Kier alpha value is -1.58. The lowest BCUT2D eigenvalue weighted by Gasteiger charge is -2.14. The molecule has 0 radical (unpaired) electrons. The Bertz CT molecular complexity index is 578. The highest BCUT2D eigenvalue weighted by molar-refractivity contribution is 6.32. The van der Waals surface area contributed by atoms with Gasteiger partial charge < -0.3 is 9.84 Å². The van der Waals surface area contributed by atoms with Crippen LogP contribution >= 0.6 is 11.6 Å². The summed E-state index contributed by atoms with van der Waals surface area (Å²) in [6.45, 7) is 1.78. The maximum atomic E-state index is 13.4. The summed E-state index contributed by atoms with van der Waals surface area (Å²) >= 11 is 5.93. The zero-order valence-electron chi connectivity index (χ0n) is 10.7. The van der Waals surface area contributed by atoms with Gasteiger partial charge >= 0.3 is 0 Å². The zero-order valence-corrected chi connectivity index (χ0v) is 11.4. The SMILES string of the molecule is COc1cc(C(O)c2cc(C)cc(F)c2)ccc1Cl. The summed E-state index contributed by atoms with van der Waals surface area (Å²) in [5.41, 5.74) is 1.86. The molecular formula is C15H14ClFO2. The van der Waals surface area contributed by atoms with Crippen LogP contribution in [0.5, 0.6) is 5.75 Å². The molecular weight excluding hydrogens is 267 g/mol. The molecule has 4 heteroatoms. The monoisotopic (exact) mass is 280 g/mol. The smallest absolute Gasteiger partial charge is 0.137 e. The summed E-state index contributed by atoms with van der Waals surface area (Å²) in [4.78, 5) is 0. The molecule has 0 aliphatic carbocycles. The van der Waals surface area contributed by atoms with Crippen molar-refractivity contribution in [3.63, 3.8) is 0 Å². The molecule has 0 spiro atoms. The lowest BCUT2D eigenvalue weighted by molar-refractivity contribution is 0.219. The van der Waals surface area contributed by atoms with Gasteiger partial charge in [0.25, 0.3) is 0 Å². The van der Waals surface area contributed by atoms with Gasteiger partial charge in [0.1, 0.15) is 17.7 Å². The number of methoxy groups -OCH3 is 1. The number of hydrogen-bond acceptors (Lipinski definition) is 2. The van der Waals surface area contributed by atoms with Crippen LogP contribution in [0.2, 0.25) is 5.02 Å². The number of rotatable bonds is 3. The Morgan fingerprint density at radius 2 is 1.89 bits per heavy atom. The molecule has 1 N–H and O–H groups in total. The Kier molecular flexibility index (Phi) is 4.08. The Labute approximate surface area is 116 Å². The van der Waals surface area contributed by atoms with E-state index in [0.29, 0.717) is 21.9 Å².